The standard InChI is InChI=1S/C14H13NO4S/c16-9(6-8-4-2-1-3-5-8)13-12(14(18)19)15-10(17)7-11(15)20-13/h1-5,9,11,16H,6-7H2,(H,18,19)/t9?,11-/m1/s1. The summed E-state index contributed by atoms with van der Waals surface area (Å²) in [7, 11) is 0. The maximum Gasteiger partial charge on any atom is 0.353 e. The highest BCUT2D eigenvalue weighted by molar-refractivity contribution is 8.04. The molecule has 104 valence electrons. The van der Waals surface area contributed by atoms with E-state index in [0.717, 1.165) is 5.56 Å². The fourth-order valence-electron chi connectivity index (χ4n) is 2.45. The Labute approximate surface area is 119 Å². The molecular weight excluding hydrogens is 278 g/mol. The first-order valence-corrected chi connectivity index (χ1v) is 7.14. The molecule has 1 aromatic carbocycles. The third-order valence-electron chi connectivity index (χ3n) is 3.42. The van der Waals surface area contributed by atoms with Gasteiger partial charge in [-0.05, 0) is 5.56 Å². The van der Waals surface area contributed by atoms with E-state index in [-0.39, 0.29) is 17.0 Å². The molecule has 2 heterocycles. The molecule has 6 heteroatoms. The van der Waals surface area contributed by atoms with Crippen molar-refractivity contribution in [3.8, 4) is 0 Å². The number of benzene rings is 1. The average Bonchev–Trinajstić information content (AvgIpc) is 2.73. The number of amides is 1. The summed E-state index contributed by atoms with van der Waals surface area (Å²) in [5.41, 5.74) is 0.873. The van der Waals surface area contributed by atoms with Crippen molar-refractivity contribution < 1.29 is 19.8 Å². The second-order valence-electron chi connectivity index (χ2n) is 4.76. The smallest absolute Gasteiger partial charge is 0.353 e. The van der Waals surface area contributed by atoms with E-state index >= 15 is 0 Å². The van der Waals surface area contributed by atoms with E-state index in [4.69, 9.17) is 0 Å². The first kappa shape index (κ1) is 13.2. The van der Waals surface area contributed by atoms with Crippen molar-refractivity contribution in [3.63, 3.8) is 0 Å². The SMILES string of the molecule is O=C(O)C1=C(C(O)Cc2ccccc2)S[C@@H]2CC(=O)N12. The Hall–Kier alpha value is -1.79. The number of nitrogens with zero attached hydrogens (tertiary/aromatic N) is 1. The summed E-state index contributed by atoms with van der Waals surface area (Å²) in [6.45, 7) is 0. The lowest BCUT2D eigenvalue weighted by Crippen LogP contribution is -2.48. The van der Waals surface area contributed by atoms with Gasteiger partial charge in [0.15, 0.2) is 0 Å². The van der Waals surface area contributed by atoms with E-state index in [2.05, 4.69) is 0 Å². The first-order chi connectivity index (χ1) is 9.58. The molecule has 1 aromatic rings. The van der Waals surface area contributed by atoms with Crippen molar-refractivity contribution in [2.75, 3.05) is 0 Å². The zero-order chi connectivity index (χ0) is 14.3. The van der Waals surface area contributed by atoms with Gasteiger partial charge in [-0.25, -0.2) is 4.79 Å². The summed E-state index contributed by atoms with van der Waals surface area (Å²) < 4.78 is 0. The minimum absolute atomic E-state index is 0.0559. The number of carboxylic acid groups (broad SMARTS) is 1. The van der Waals surface area contributed by atoms with Crippen molar-refractivity contribution in [1.82, 2.24) is 4.90 Å². The highest BCUT2D eigenvalue weighted by atomic mass is 32.2. The predicted molar refractivity (Wildman–Crippen MR) is 73.7 cm³/mol. The van der Waals surface area contributed by atoms with E-state index in [1.165, 1.54) is 16.7 Å². The summed E-state index contributed by atoms with van der Waals surface area (Å²) in [4.78, 5) is 24.5. The Morgan fingerprint density at radius 2 is 2.10 bits per heavy atom. The van der Waals surface area contributed by atoms with Crippen LogP contribution in [0.4, 0.5) is 0 Å². The molecule has 0 aromatic heterocycles. The van der Waals surface area contributed by atoms with Crippen LogP contribution in [-0.4, -0.2) is 38.5 Å². The zero-order valence-corrected chi connectivity index (χ0v) is 11.3. The summed E-state index contributed by atoms with van der Waals surface area (Å²) >= 11 is 1.28. The molecule has 2 N–H and O–H groups in total. The molecule has 1 fully saturated rings. The van der Waals surface area contributed by atoms with Gasteiger partial charge in [-0.1, -0.05) is 42.1 Å². The van der Waals surface area contributed by atoms with Crippen LogP contribution in [0.3, 0.4) is 0 Å². The van der Waals surface area contributed by atoms with E-state index < -0.39 is 12.1 Å². The molecule has 0 radical (unpaired) electrons. The number of carbonyl (C=O) groups excluding carboxylic acids is 1. The Balaban J connectivity index is 1.85. The number of rotatable bonds is 4. The number of aliphatic hydroxyl groups excluding tert-OH is 1. The summed E-state index contributed by atoms with van der Waals surface area (Å²) in [5, 5.41) is 19.4. The highest BCUT2D eigenvalue weighted by Crippen LogP contribution is 2.47. The third kappa shape index (κ3) is 2.10. The normalized spacial score (nSPS) is 22.6. The van der Waals surface area contributed by atoms with Gasteiger partial charge in [0, 0.05) is 11.3 Å². The number of hydrogen-bond donors (Lipinski definition) is 2. The van der Waals surface area contributed by atoms with E-state index in [1.807, 2.05) is 30.3 Å². The van der Waals surface area contributed by atoms with Crippen LogP contribution in [0.5, 0.6) is 0 Å². The van der Waals surface area contributed by atoms with Crippen LogP contribution < -0.4 is 0 Å². The first-order valence-electron chi connectivity index (χ1n) is 6.26. The van der Waals surface area contributed by atoms with Crippen molar-refractivity contribution in [3.05, 3.63) is 46.5 Å². The van der Waals surface area contributed by atoms with Crippen molar-refractivity contribution in [2.24, 2.45) is 0 Å². The van der Waals surface area contributed by atoms with Crippen molar-refractivity contribution >= 4 is 23.6 Å². The van der Waals surface area contributed by atoms with Crippen LogP contribution in [0.15, 0.2) is 40.9 Å². The molecule has 3 rings (SSSR count). The number of aliphatic hydroxyl groups is 1. The lowest BCUT2D eigenvalue weighted by atomic mass is 10.1. The minimum atomic E-state index is -1.16. The van der Waals surface area contributed by atoms with Crippen LogP contribution in [0.1, 0.15) is 12.0 Å². The summed E-state index contributed by atoms with van der Waals surface area (Å²) in [5.74, 6) is -1.35. The van der Waals surface area contributed by atoms with Crippen molar-refractivity contribution in [2.45, 2.75) is 24.3 Å². The number of carbonyl (C=O) groups is 2. The fraction of sp³-hybridized carbons (Fsp3) is 0.286. The Morgan fingerprint density at radius 1 is 1.40 bits per heavy atom. The number of fused-ring (bicyclic) bond motifs is 1. The van der Waals surface area contributed by atoms with Gasteiger partial charge in [0.25, 0.3) is 0 Å². The summed E-state index contributed by atoms with van der Waals surface area (Å²) in [6.07, 6.45) is -0.218. The van der Waals surface area contributed by atoms with Gasteiger partial charge in [-0.2, -0.15) is 0 Å². The molecule has 2 atom stereocenters. The number of aliphatic carboxylic acids is 1. The number of carboxylic acids is 1. The number of hydrogen-bond acceptors (Lipinski definition) is 4. The van der Waals surface area contributed by atoms with Gasteiger partial charge in [0.05, 0.1) is 17.9 Å². The van der Waals surface area contributed by atoms with Crippen LogP contribution in [0, 0.1) is 0 Å². The molecule has 0 spiro atoms. The van der Waals surface area contributed by atoms with Crippen LogP contribution in [0.25, 0.3) is 0 Å². The Kier molecular flexibility index (Phi) is 3.27. The van der Waals surface area contributed by atoms with E-state index in [0.29, 0.717) is 17.7 Å². The van der Waals surface area contributed by atoms with Gasteiger partial charge < -0.3 is 10.2 Å². The Bertz CT molecular complexity index is 598. The molecule has 0 saturated carbocycles. The molecule has 5 nitrogen and oxygen atoms in total. The highest BCUT2D eigenvalue weighted by Gasteiger charge is 2.49. The molecule has 1 amide bonds. The molecule has 1 unspecified atom stereocenters. The molecule has 0 aliphatic carbocycles. The summed E-state index contributed by atoms with van der Waals surface area (Å²) in [6, 6.07) is 9.38. The molecular formula is C14H13NO4S. The lowest BCUT2D eigenvalue weighted by Gasteiger charge is -2.33. The minimum Gasteiger partial charge on any atom is -0.477 e. The van der Waals surface area contributed by atoms with Gasteiger partial charge in [-0.3, -0.25) is 9.69 Å². The fourth-order valence-corrected chi connectivity index (χ4v) is 3.83. The quantitative estimate of drug-likeness (QED) is 0.815. The molecule has 20 heavy (non-hydrogen) atoms. The largest absolute Gasteiger partial charge is 0.477 e. The molecule has 2 aliphatic rings. The molecule has 1 saturated heterocycles. The van der Waals surface area contributed by atoms with Crippen LogP contribution >= 0.6 is 11.8 Å². The average molecular weight is 291 g/mol. The van der Waals surface area contributed by atoms with E-state index in [1.54, 1.807) is 0 Å². The maximum atomic E-state index is 11.5. The van der Waals surface area contributed by atoms with Gasteiger partial charge in [0.2, 0.25) is 5.91 Å². The molecule has 0 bridgehead atoms. The van der Waals surface area contributed by atoms with Crippen LogP contribution in [-0.2, 0) is 16.0 Å². The second kappa shape index (κ2) is 4.96. The van der Waals surface area contributed by atoms with Gasteiger partial charge in [-0.15, -0.1) is 0 Å². The number of β-lactam (4-membered cyclic amide) rings is 1. The lowest BCUT2D eigenvalue weighted by molar-refractivity contribution is -0.145. The topological polar surface area (TPSA) is 77.8 Å². The monoisotopic (exact) mass is 291 g/mol. The maximum absolute atomic E-state index is 11.5. The number of thioether (sulfide) groups is 1. The third-order valence-corrected chi connectivity index (χ3v) is 4.79. The Morgan fingerprint density at radius 3 is 2.70 bits per heavy atom. The van der Waals surface area contributed by atoms with Gasteiger partial charge in [0.1, 0.15) is 5.70 Å². The zero-order valence-electron chi connectivity index (χ0n) is 10.5. The van der Waals surface area contributed by atoms with Crippen LogP contribution in [0.2, 0.25) is 0 Å². The predicted octanol–water partition coefficient (Wildman–Crippen LogP) is 1.19. The van der Waals surface area contributed by atoms with Crippen molar-refractivity contribution in [1.29, 1.82) is 0 Å². The second-order valence-corrected chi connectivity index (χ2v) is 5.98. The van der Waals surface area contributed by atoms with E-state index in [9.17, 15) is 19.8 Å². The molecule has 2 aliphatic heterocycles. The van der Waals surface area contributed by atoms with Gasteiger partial charge >= 0.3 is 5.97 Å².